The van der Waals surface area contributed by atoms with Crippen molar-refractivity contribution >= 4 is 78.6 Å². The summed E-state index contributed by atoms with van der Waals surface area (Å²) in [6.45, 7) is 4.26. The first-order chi connectivity index (χ1) is 21.6. The number of nitrogens with zero attached hydrogens (tertiary/aromatic N) is 5. The van der Waals surface area contributed by atoms with Gasteiger partial charge in [0.1, 0.15) is 17.1 Å². The van der Waals surface area contributed by atoms with Gasteiger partial charge in [-0.3, -0.25) is 9.20 Å². The number of methoxy groups -OCH3 is 2. The van der Waals surface area contributed by atoms with Gasteiger partial charge in [0.15, 0.2) is 15.5 Å². The minimum atomic E-state index is -3.05. The molecule has 0 atom stereocenters. The number of fused-ring (bicyclic) bond motifs is 3. The molecule has 1 fully saturated rings. The third-order valence-electron chi connectivity index (χ3n) is 7.45. The van der Waals surface area contributed by atoms with Crippen LogP contribution in [0, 0.1) is 0 Å². The zero-order valence-corrected chi connectivity index (χ0v) is 26.5. The summed E-state index contributed by atoms with van der Waals surface area (Å²) in [6, 6.07) is 8.87. The van der Waals surface area contributed by atoms with E-state index in [1.54, 1.807) is 41.2 Å². The number of imidazole rings is 1. The van der Waals surface area contributed by atoms with Crippen molar-refractivity contribution < 1.29 is 22.7 Å². The van der Waals surface area contributed by atoms with Gasteiger partial charge in [-0.1, -0.05) is 29.8 Å². The normalized spacial score (nSPS) is 14.4. The number of sulfone groups is 1. The molecule has 1 amide bonds. The van der Waals surface area contributed by atoms with Crippen LogP contribution in [0.15, 0.2) is 61.6 Å². The molecular weight excluding hydrogens is 641 g/mol. The van der Waals surface area contributed by atoms with E-state index in [0.717, 1.165) is 5.69 Å². The molecule has 15 heteroatoms. The number of carbonyl (C=O) groups excluding carboxylic acids is 1. The quantitative estimate of drug-likeness (QED) is 0.208. The van der Waals surface area contributed by atoms with E-state index in [4.69, 9.17) is 37.7 Å². The highest BCUT2D eigenvalue weighted by atomic mass is 35.5. The second-order valence-corrected chi connectivity index (χ2v) is 13.2. The van der Waals surface area contributed by atoms with Crippen LogP contribution in [0.2, 0.25) is 10.0 Å². The Bertz CT molecular complexity index is 2060. The Labute approximate surface area is 268 Å². The highest BCUT2D eigenvalue weighted by Crippen LogP contribution is 2.47. The highest BCUT2D eigenvalue weighted by molar-refractivity contribution is 7.91. The van der Waals surface area contributed by atoms with Crippen molar-refractivity contribution in [2.24, 2.45) is 0 Å². The van der Waals surface area contributed by atoms with Gasteiger partial charge in [0.05, 0.1) is 47.1 Å². The van der Waals surface area contributed by atoms with E-state index in [0.29, 0.717) is 73.8 Å². The van der Waals surface area contributed by atoms with E-state index >= 15 is 0 Å². The summed E-state index contributed by atoms with van der Waals surface area (Å²) in [7, 11) is -0.0324. The fraction of sp³-hybridized carbons (Fsp3) is 0.200. The largest absolute Gasteiger partial charge is 0.495 e. The predicted molar refractivity (Wildman–Crippen MR) is 176 cm³/mol. The number of nitrogens with one attached hydrogen (secondary N) is 2. The van der Waals surface area contributed by atoms with Crippen LogP contribution in [0.4, 0.5) is 23.0 Å². The van der Waals surface area contributed by atoms with Crippen LogP contribution in [0.3, 0.4) is 0 Å². The number of ether oxygens (including phenoxy) is 2. The monoisotopic (exact) mass is 667 g/mol. The summed E-state index contributed by atoms with van der Waals surface area (Å²) in [5.41, 5.74) is 3.95. The number of amides is 1. The lowest BCUT2D eigenvalue weighted by atomic mass is 10.0. The lowest BCUT2D eigenvalue weighted by molar-refractivity contribution is -0.111. The van der Waals surface area contributed by atoms with Gasteiger partial charge in [0, 0.05) is 59.9 Å². The number of rotatable bonds is 8. The second-order valence-electron chi connectivity index (χ2n) is 10.1. The first-order valence-electron chi connectivity index (χ1n) is 13.7. The summed E-state index contributed by atoms with van der Waals surface area (Å²) in [6.07, 6.45) is 6.22. The number of benzene rings is 2. The summed E-state index contributed by atoms with van der Waals surface area (Å²) in [5.74, 6) is 0.778. The van der Waals surface area contributed by atoms with Crippen LogP contribution in [-0.2, 0) is 14.6 Å². The van der Waals surface area contributed by atoms with Gasteiger partial charge < -0.3 is 25.0 Å². The van der Waals surface area contributed by atoms with E-state index in [1.165, 1.54) is 20.3 Å². The molecule has 0 bridgehead atoms. The Kier molecular flexibility index (Phi) is 8.16. The number of halogens is 2. The number of hydrogen-bond donors (Lipinski definition) is 2. The molecule has 232 valence electrons. The molecule has 3 aromatic heterocycles. The highest BCUT2D eigenvalue weighted by Gasteiger charge is 2.24. The molecule has 5 aromatic rings. The molecule has 12 nitrogen and oxygen atoms in total. The van der Waals surface area contributed by atoms with E-state index in [-0.39, 0.29) is 17.5 Å². The van der Waals surface area contributed by atoms with Crippen LogP contribution in [-0.4, -0.2) is 72.5 Å². The minimum absolute atomic E-state index is 0.0699. The number of carbonyl (C=O) groups is 1. The molecule has 6 rings (SSSR count). The lowest BCUT2D eigenvalue weighted by Crippen LogP contribution is -2.40. The first-order valence-corrected chi connectivity index (χ1v) is 16.2. The molecule has 0 radical (unpaired) electrons. The lowest BCUT2D eigenvalue weighted by Gasteiger charge is -2.29. The Morgan fingerprint density at radius 2 is 1.71 bits per heavy atom. The maximum Gasteiger partial charge on any atom is 0.247 e. The Hall–Kier alpha value is -4.59. The van der Waals surface area contributed by atoms with Gasteiger partial charge >= 0.3 is 0 Å². The van der Waals surface area contributed by atoms with E-state index < -0.39 is 15.7 Å². The Balaban J connectivity index is 1.40. The molecule has 0 unspecified atom stereocenters. The topological polar surface area (TPSA) is 140 Å². The van der Waals surface area contributed by atoms with Gasteiger partial charge in [-0.25, -0.2) is 18.4 Å². The van der Waals surface area contributed by atoms with E-state index in [2.05, 4.69) is 27.2 Å². The molecule has 0 saturated carbocycles. The molecule has 1 aliphatic rings. The Morgan fingerprint density at radius 1 is 1.00 bits per heavy atom. The van der Waals surface area contributed by atoms with Crippen LogP contribution >= 0.6 is 23.2 Å². The number of anilines is 4. The van der Waals surface area contributed by atoms with Crippen LogP contribution in [0.5, 0.6) is 11.5 Å². The second kappa shape index (κ2) is 12.1. The SMILES string of the molecule is C=CC(=O)Nc1cc(N2CCS(=O)(=O)CC2)ccc1Nc1ncc2cc(-c3c(Cl)c(OC)cc(OC)c3Cl)c3nccn3c2n1. The standard InChI is InChI=1S/C30H27Cl2N7O5S/c1-4-24(40)35-21-14-18(38-9-11-45(41,42)12-10-38)5-6-20(21)36-30-34-16-17-13-19(29-33-7-8-39(29)28(17)37-30)25-26(31)22(43-2)15-23(44-3)27(25)32/h4-8,13-16H,1,9-12H2,2-3H3,(H,35,40)(H,34,36,37). The molecular formula is C30H27Cl2N7O5S. The van der Waals surface area contributed by atoms with Gasteiger partial charge in [-0.2, -0.15) is 4.98 Å². The number of hydrogen-bond acceptors (Lipinski definition) is 10. The predicted octanol–water partition coefficient (Wildman–Crippen LogP) is 5.37. The Morgan fingerprint density at radius 3 is 2.38 bits per heavy atom. The zero-order valence-electron chi connectivity index (χ0n) is 24.2. The molecule has 2 N–H and O–H groups in total. The fourth-order valence-corrected chi connectivity index (χ4v) is 7.06. The van der Waals surface area contributed by atoms with Gasteiger partial charge in [0.2, 0.25) is 11.9 Å². The number of pyridine rings is 1. The summed E-state index contributed by atoms with van der Waals surface area (Å²) in [4.78, 5) is 28.1. The molecule has 1 saturated heterocycles. The molecule has 1 aliphatic heterocycles. The van der Waals surface area contributed by atoms with Crippen LogP contribution in [0.25, 0.3) is 27.8 Å². The first kappa shape index (κ1) is 30.4. The van der Waals surface area contributed by atoms with Gasteiger partial charge in [0.25, 0.3) is 0 Å². The third kappa shape index (κ3) is 5.81. The zero-order chi connectivity index (χ0) is 31.9. The van der Waals surface area contributed by atoms with Crippen molar-refractivity contribution in [2.45, 2.75) is 0 Å². The van der Waals surface area contributed by atoms with Crippen molar-refractivity contribution in [1.29, 1.82) is 0 Å². The van der Waals surface area contributed by atoms with Crippen molar-refractivity contribution in [2.75, 3.05) is 54.3 Å². The minimum Gasteiger partial charge on any atom is -0.495 e. The average Bonchev–Trinajstić information content (AvgIpc) is 3.53. The third-order valence-corrected chi connectivity index (χ3v) is 9.81. The molecule has 0 spiro atoms. The van der Waals surface area contributed by atoms with Gasteiger partial charge in [-0.05, 0) is 30.3 Å². The van der Waals surface area contributed by atoms with E-state index in [9.17, 15) is 13.2 Å². The average molecular weight is 669 g/mol. The van der Waals surface area contributed by atoms with Crippen LogP contribution in [0.1, 0.15) is 0 Å². The molecule has 4 heterocycles. The van der Waals surface area contributed by atoms with Crippen LogP contribution < -0.4 is 25.0 Å². The summed E-state index contributed by atoms with van der Waals surface area (Å²) >= 11 is 13.5. The number of aromatic nitrogens is 4. The van der Waals surface area contributed by atoms with Crippen molar-refractivity contribution in [3.05, 3.63) is 71.6 Å². The van der Waals surface area contributed by atoms with Crippen molar-refractivity contribution in [3.8, 4) is 22.6 Å². The van der Waals surface area contributed by atoms with E-state index in [1.807, 2.05) is 17.0 Å². The smallest absolute Gasteiger partial charge is 0.247 e. The summed E-state index contributed by atoms with van der Waals surface area (Å²) < 4.78 is 36.6. The van der Waals surface area contributed by atoms with Crippen molar-refractivity contribution in [1.82, 2.24) is 19.4 Å². The molecule has 45 heavy (non-hydrogen) atoms. The summed E-state index contributed by atoms with van der Waals surface area (Å²) in [5, 5.41) is 7.28. The maximum absolute atomic E-state index is 12.3. The maximum atomic E-state index is 12.3. The van der Waals surface area contributed by atoms with Crippen molar-refractivity contribution in [3.63, 3.8) is 0 Å². The fourth-order valence-electron chi connectivity index (χ4n) is 5.15. The molecule has 2 aromatic carbocycles. The molecule has 0 aliphatic carbocycles. The van der Waals surface area contributed by atoms with Gasteiger partial charge in [-0.15, -0.1) is 0 Å².